The Labute approximate surface area is 106 Å². The van der Waals surface area contributed by atoms with E-state index in [1.807, 2.05) is 17.5 Å². The van der Waals surface area contributed by atoms with Gasteiger partial charge in [0, 0.05) is 27.2 Å². The molecule has 2 N–H and O–H groups in total. The van der Waals surface area contributed by atoms with Crippen molar-refractivity contribution in [2.45, 2.75) is 12.5 Å². The molecule has 84 valence electrons. The van der Waals surface area contributed by atoms with Gasteiger partial charge in [0.25, 0.3) is 0 Å². The van der Waals surface area contributed by atoms with E-state index in [1.54, 1.807) is 17.4 Å². The highest BCUT2D eigenvalue weighted by atomic mass is 79.9. The molecule has 0 aliphatic rings. The van der Waals surface area contributed by atoms with Crippen molar-refractivity contribution in [3.63, 3.8) is 0 Å². The van der Waals surface area contributed by atoms with Gasteiger partial charge in [-0.3, -0.25) is 0 Å². The van der Waals surface area contributed by atoms with Crippen molar-refractivity contribution < 1.29 is 4.39 Å². The van der Waals surface area contributed by atoms with Crippen LogP contribution < -0.4 is 5.73 Å². The first-order valence-electron chi connectivity index (χ1n) is 4.89. The van der Waals surface area contributed by atoms with Crippen LogP contribution in [-0.2, 0) is 6.42 Å². The highest BCUT2D eigenvalue weighted by Gasteiger charge is 2.09. The predicted octanol–water partition coefficient (Wildman–Crippen LogP) is 3.89. The zero-order valence-electron chi connectivity index (χ0n) is 8.49. The van der Waals surface area contributed by atoms with E-state index in [1.165, 1.54) is 17.0 Å². The van der Waals surface area contributed by atoms with Crippen LogP contribution in [0.5, 0.6) is 0 Å². The van der Waals surface area contributed by atoms with Crippen LogP contribution in [0.15, 0.2) is 40.2 Å². The number of rotatable bonds is 3. The highest BCUT2D eigenvalue weighted by molar-refractivity contribution is 9.10. The Morgan fingerprint density at radius 3 is 2.81 bits per heavy atom. The molecule has 0 saturated carbocycles. The Morgan fingerprint density at radius 1 is 1.38 bits per heavy atom. The van der Waals surface area contributed by atoms with E-state index in [2.05, 4.69) is 15.9 Å². The van der Waals surface area contributed by atoms with Gasteiger partial charge in [0.2, 0.25) is 0 Å². The van der Waals surface area contributed by atoms with Crippen LogP contribution in [0, 0.1) is 5.82 Å². The van der Waals surface area contributed by atoms with Gasteiger partial charge in [-0.1, -0.05) is 12.1 Å². The lowest BCUT2D eigenvalue weighted by Crippen LogP contribution is -2.12. The van der Waals surface area contributed by atoms with Crippen molar-refractivity contribution in [3.05, 3.63) is 56.4 Å². The fraction of sp³-hybridized carbons (Fsp3) is 0.167. The number of halogens is 2. The molecule has 0 aliphatic heterocycles. The second-order valence-corrected chi connectivity index (χ2v) is 5.51. The summed E-state index contributed by atoms with van der Waals surface area (Å²) >= 11 is 5.06. The van der Waals surface area contributed by atoms with Crippen LogP contribution in [-0.4, -0.2) is 0 Å². The molecule has 1 heterocycles. The van der Waals surface area contributed by atoms with Crippen molar-refractivity contribution in [1.29, 1.82) is 0 Å². The van der Waals surface area contributed by atoms with Gasteiger partial charge < -0.3 is 5.73 Å². The maximum atomic E-state index is 13.0. The van der Waals surface area contributed by atoms with Crippen molar-refractivity contribution in [2.24, 2.45) is 5.73 Å². The molecule has 2 rings (SSSR count). The molecule has 1 unspecified atom stereocenters. The maximum absolute atomic E-state index is 13.0. The van der Waals surface area contributed by atoms with Crippen molar-refractivity contribution in [1.82, 2.24) is 0 Å². The highest BCUT2D eigenvalue weighted by Crippen LogP contribution is 2.24. The molecular formula is C12H11BrFNS. The monoisotopic (exact) mass is 299 g/mol. The summed E-state index contributed by atoms with van der Waals surface area (Å²) in [7, 11) is 0. The molecule has 16 heavy (non-hydrogen) atoms. The van der Waals surface area contributed by atoms with E-state index in [0.29, 0.717) is 0 Å². The Balaban J connectivity index is 2.11. The lowest BCUT2D eigenvalue weighted by atomic mass is 10.0. The van der Waals surface area contributed by atoms with E-state index >= 15 is 0 Å². The summed E-state index contributed by atoms with van der Waals surface area (Å²) < 4.78 is 14.1. The van der Waals surface area contributed by atoms with E-state index < -0.39 is 0 Å². The van der Waals surface area contributed by atoms with Crippen molar-refractivity contribution in [3.8, 4) is 0 Å². The predicted molar refractivity (Wildman–Crippen MR) is 69.1 cm³/mol. The number of hydrogen-bond acceptors (Lipinski definition) is 2. The van der Waals surface area contributed by atoms with Crippen LogP contribution in [0.25, 0.3) is 0 Å². The first-order valence-corrected chi connectivity index (χ1v) is 6.56. The quantitative estimate of drug-likeness (QED) is 0.914. The van der Waals surface area contributed by atoms with Crippen molar-refractivity contribution in [2.75, 3.05) is 0 Å². The molecule has 0 aliphatic carbocycles. The van der Waals surface area contributed by atoms with Crippen LogP contribution in [0.2, 0.25) is 0 Å². The Morgan fingerprint density at radius 2 is 2.19 bits per heavy atom. The molecule has 0 spiro atoms. The molecule has 1 atom stereocenters. The van der Waals surface area contributed by atoms with E-state index in [4.69, 9.17) is 5.73 Å². The molecule has 1 nitrogen and oxygen atoms in total. The Kier molecular flexibility index (Phi) is 3.74. The SMILES string of the molecule is NC(Cc1cc(Br)cs1)c1cccc(F)c1. The van der Waals surface area contributed by atoms with Crippen molar-refractivity contribution >= 4 is 27.3 Å². The van der Waals surface area contributed by atoms with Gasteiger partial charge in [0.1, 0.15) is 5.82 Å². The summed E-state index contributed by atoms with van der Waals surface area (Å²) in [4.78, 5) is 1.20. The third-order valence-corrected chi connectivity index (χ3v) is 4.04. The largest absolute Gasteiger partial charge is 0.324 e. The zero-order valence-corrected chi connectivity index (χ0v) is 10.9. The molecular weight excluding hydrogens is 289 g/mol. The zero-order chi connectivity index (χ0) is 11.5. The molecule has 0 amide bonds. The number of thiophene rings is 1. The van der Waals surface area contributed by atoms with Gasteiger partial charge in [-0.05, 0) is 39.7 Å². The second-order valence-electron chi connectivity index (χ2n) is 3.60. The minimum atomic E-state index is -0.236. The van der Waals surface area contributed by atoms with Gasteiger partial charge in [0.05, 0.1) is 0 Å². The molecule has 1 aromatic heterocycles. The molecule has 1 aromatic carbocycles. The molecule has 2 aromatic rings. The maximum Gasteiger partial charge on any atom is 0.123 e. The summed E-state index contributed by atoms with van der Waals surface area (Å²) in [6.07, 6.45) is 0.736. The minimum absolute atomic E-state index is 0.152. The Bertz CT molecular complexity index is 483. The van der Waals surface area contributed by atoms with E-state index in [9.17, 15) is 4.39 Å². The first-order chi connectivity index (χ1) is 7.65. The fourth-order valence-electron chi connectivity index (χ4n) is 1.53. The van der Waals surface area contributed by atoms with Crippen LogP contribution in [0.3, 0.4) is 0 Å². The fourth-order valence-corrected chi connectivity index (χ4v) is 3.04. The third-order valence-electron chi connectivity index (χ3n) is 2.32. The van der Waals surface area contributed by atoms with E-state index in [-0.39, 0.29) is 11.9 Å². The number of benzene rings is 1. The summed E-state index contributed by atoms with van der Waals surface area (Å²) in [5.74, 6) is -0.236. The average Bonchev–Trinajstić information content (AvgIpc) is 2.64. The molecule has 4 heteroatoms. The first kappa shape index (κ1) is 11.8. The molecule has 0 bridgehead atoms. The van der Waals surface area contributed by atoms with Gasteiger partial charge >= 0.3 is 0 Å². The van der Waals surface area contributed by atoms with Crippen LogP contribution >= 0.6 is 27.3 Å². The van der Waals surface area contributed by atoms with Gasteiger partial charge in [-0.15, -0.1) is 11.3 Å². The van der Waals surface area contributed by atoms with Crippen LogP contribution in [0.4, 0.5) is 4.39 Å². The average molecular weight is 300 g/mol. The van der Waals surface area contributed by atoms with Gasteiger partial charge in [-0.2, -0.15) is 0 Å². The summed E-state index contributed by atoms with van der Waals surface area (Å²) in [5.41, 5.74) is 6.87. The smallest absolute Gasteiger partial charge is 0.123 e. The lowest BCUT2D eigenvalue weighted by molar-refractivity contribution is 0.619. The van der Waals surface area contributed by atoms with Gasteiger partial charge in [0.15, 0.2) is 0 Å². The standard InChI is InChI=1S/C12H11BrFNS/c13-9-5-11(16-7-9)6-12(15)8-2-1-3-10(14)4-8/h1-5,7,12H,6,15H2. The molecule has 0 saturated heterocycles. The summed E-state index contributed by atoms with van der Waals surface area (Å²) in [6, 6.07) is 8.36. The molecule has 0 radical (unpaired) electrons. The second kappa shape index (κ2) is 5.08. The molecule has 0 fully saturated rings. The number of hydrogen-bond donors (Lipinski definition) is 1. The summed E-state index contributed by atoms with van der Waals surface area (Å²) in [5, 5.41) is 2.02. The third kappa shape index (κ3) is 2.90. The van der Waals surface area contributed by atoms with E-state index in [0.717, 1.165) is 16.5 Å². The lowest BCUT2D eigenvalue weighted by Gasteiger charge is -2.10. The normalized spacial score (nSPS) is 12.7. The van der Waals surface area contributed by atoms with Crippen LogP contribution in [0.1, 0.15) is 16.5 Å². The topological polar surface area (TPSA) is 26.0 Å². The Hall–Kier alpha value is -0.710. The van der Waals surface area contributed by atoms with Gasteiger partial charge in [-0.25, -0.2) is 4.39 Å². The number of nitrogens with two attached hydrogens (primary N) is 1. The minimum Gasteiger partial charge on any atom is -0.324 e. The summed E-state index contributed by atoms with van der Waals surface area (Å²) in [6.45, 7) is 0.